The van der Waals surface area contributed by atoms with Crippen molar-refractivity contribution in [1.29, 1.82) is 0 Å². The van der Waals surface area contributed by atoms with E-state index in [4.69, 9.17) is 4.74 Å². The molecule has 0 fully saturated rings. The fraction of sp³-hybridized carbons (Fsp3) is 0.226. The number of aryl methyl sites for hydroxylation is 6. The van der Waals surface area contributed by atoms with Crippen molar-refractivity contribution >= 4 is 22.1 Å². The molecule has 0 aliphatic carbocycles. The Bertz CT molecular complexity index is 1300. The Kier molecular flexibility index (Phi) is 6.03. The van der Waals surface area contributed by atoms with Crippen molar-refractivity contribution in [2.75, 3.05) is 7.11 Å². The molecule has 33 heavy (non-hydrogen) atoms. The predicted molar refractivity (Wildman–Crippen MR) is 140 cm³/mol. The second kappa shape index (κ2) is 8.78. The molecule has 0 aliphatic heterocycles. The van der Waals surface area contributed by atoms with E-state index in [0.717, 1.165) is 38.8 Å². The van der Waals surface area contributed by atoms with Gasteiger partial charge >= 0.3 is 0 Å². The molecule has 0 bridgehead atoms. The molecule has 0 spiro atoms. The van der Waals surface area contributed by atoms with Crippen LogP contribution in [0.2, 0.25) is 0 Å². The zero-order valence-corrected chi connectivity index (χ0v) is 20.6. The molecule has 1 N–H and O–H groups in total. The lowest BCUT2D eigenvalue weighted by Crippen LogP contribution is -2.04. The topological polar surface area (TPSA) is 29.5 Å². The summed E-state index contributed by atoms with van der Waals surface area (Å²) in [5.41, 5.74) is 11.0. The van der Waals surface area contributed by atoms with Gasteiger partial charge in [0.2, 0.25) is 0 Å². The highest BCUT2D eigenvalue weighted by molar-refractivity contribution is 6.00. The van der Waals surface area contributed by atoms with Crippen LogP contribution >= 0.6 is 0 Å². The van der Waals surface area contributed by atoms with Gasteiger partial charge in [-0.1, -0.05) is 53.6 Å². The molecule has 2 heteroatoms. The summed E-state index contributed by atoms with van der Waals surface area (Å²) in [6, 6.07) is 20.9. The molecule has 0 amide bonds. The van der Waals surface area contributed by atoms with Crippen LogP contribution in [0.25, 0.3) is 22.1 Å². The van der Waals surface area contributed by atoms with Crippen molar-refractivity contribution in [1.82, 2.24) is 0 Å². The van der Waals surface area contributed by atoms with Gasteiger partial charge in [-0.3, -0.25) is 0 Å². The highest BCUT2D eigenvalue weighted by atomic mass is 16.5. The highest BCUT2D eigenvalue weighted by Crippen LogP contribution is 2.39. The summed E-state index contributed by atoms with van der Waals surface area (Å²) in [4.78, 5) is 0. The van der Waals surface area contributed by atoms with Gasteiger partial charge in [0.25, 0.3) is 0 Å². The fourth-order valence-corrected chi connectivity index (χ4v) is 5.15. The Morgan fingerprint density at radius 1 is 0.606 bits per heavy atom. The molecular formula is C31H32O2. The van der Waals surface area contributed by atoms with E-state index in [1.54, 1.807) is 7.11 Å². The first-order valence-corrected chi connectivity index (χ1v) is 11.4. The third kappa shape index (κ3) is 4.26. The number of fused-ring (bicyclic) bond motifs is 1. The Morgan fingerprint density at radius 3 is 1.55 bits per heavy atom. The van der Waals surface area contributed by atoms with E-state index in [-0.39, 0.29) is 0 Å². The summed E-state index contributed by atoms with van der Waals surface area (Å²) in [5, 5.41) is 14.0. The largest absolute Gasteiger partial charge is 0.507 e. The van der Waals surface area contributed by atoms with Gasteiger partial charge in [-0.05, 0) is 104 Å². The van der Waals surface area contributed by atoms with Gasteiger partial charge in [0.15, 0.2) is 0 Å². The second-order valence-electron chi connectivity index (χ2n) is 9.20. The van der Waals surface area contributed by atoms with Crippen molar-refractivity contribution in [3.8, 4) is 5.75 Å². The molecular weight excluding hydrogens is 404 g/mol. The molecule has 0 atom stereocenters. The van der Waals surface area contributed by atoms with E-state index >= 15 is 0 Å². The zero-order valence-electron chi connectivity index (χ0n) is 20.6. The fourth-order valence-electron chi connectivity index (χ4n) is 5.15. The van der Waals surface area contributed by atoms with E-state index < -0.39 is 0 Å². The zero-order chi connectivity index (χ0) is 23.9. The number of rotatable bonds is 4. The van der Waals surface area contributed by atoms with Crippen LogP contribution in [0.4, 0.5) is 0 Å². The maximum atomic E-state index is 11.8. The van der Waals surface area contributed by atoms with Crippen molar-refractivity contribution in [2.24, 2.45) is 0 Å². The molecule has 2 nitrogen and oxygen atoms in total. The average Bonchev–Trinajstić information content (AvgIpc) is 2.75. The summed E-state index contributed by atoms with van der Waals surface area (Å²) in [7, 11) is 1.68. The van der Waals surface area contributed by atoms with Crippen LogP contribution in [0.15, 0.2) is 60.7 Å². The van der Waals surface area contributed by atoms with Gasteiger partial charge in [0, 0.05) is 11.1 Å². The van der Waals surface area contributed by atoms with Crippen molar-refractivity contribution in [3.05, 3.63) is 111 Å². The number of hydrogen-bond acceptors (Lipinski definition) is 2. The second-order valence-corrected chi connectivity index (χ2v) is 9.20. The van der Waals surface area contributed by atoms with Gasteiger partial charge < -0.3 is 9.84 Å². The number of aliphatic hydroxyl groups is 1. The molecule has 0 saturated heterocycles. The van der Waals surface area contributed by atoms with Gasteiger partial charge in [-0.15, -0.1) is 0 Å². The van der Waals surface area contributed by atoms with Crippen molar-refractivity contribution < 1.29 is 9.84 Å². The van der Waals surface area contributed by atoms with E-state index in [1.165, 1.54) is 33.4 Å². The molecule has 4 aromatic rings. The van der Waals surface area contributed by atoms with Crippen LogP contribution in [0.3, 0.4) is 0 Å². The van der Waals surface area contributed by atoms with Crippen LogP contribution in [0.1, 0.15) is 50.1 Å². The molecule has 4 aromatic carbocycles. The first-order valence-electron chi connectivity index (χ1n) is 11.4. The molecule has 4 rings (SSSR count). The van der Waals surface area contributed by atoms with Crippen molar-refractivity contribution in [2.45, 2.75) is 41.5 Å². The van der Waals surface area contributed by atoms with Gasteiger partial charge in [0.1, 0.15) is 11.5 Å². The quantitative estimate of drug-likeness (QED) is 0.258. The molecule has 0 unspecified atom stereocenters. The standard InChI is InChI=1S/C31H32O2/c1-18-12-20(3)28(21(4)13-18)30(29-22(5)14-19(2)15-23(29)6)31(32)26-9-8-25-17-27(33-7)11-10-24(25)16-26/h8-17,32H,1-7H3. The number of benzene rings is 4. The monoisotopic (exact) mass is 436 g/mol. The SMILES string of the molecule is COc1ccc2cc(C(O)=C(c3c(C)cc(C)cc3C)c3c(C)cc(C)cc3C)ccc2c1. The Labute approximate surface area is 197 Å². The number of hydrogen-bond donors (Lipinski definition) is 1. The third-order valence-electron chi connectivity index (χ3n) is 6.41. The molecule has 168 valence electrons. The maximum Gasteiger partial charge on any atom is 0.131 e. The summed E-state index contributed by atoms with van der Waals surface area (Å²) in [6.45, 7) is 12.8. The lowest BCUT2D eigenvalue weighted by Gasteiger charge is -2.22. The lowest BCUT2D eigenvalue weighted by atomic mass is 9.83. The number of aliphatic hydroxyl groups excluding tert-OH is 1. The molecule has 0 radical (unpaired) electrons. The van der Waals surface area contributed by atoms with E-state index in [1.807, 2.05) is 30.3 Å². The van der Waals surface area contributed by atoms with Crippen LogP contribution in [0, 0.1) is 41.5 Å². The summed E-state index contributed by atoms with van der Waals surface area (Å²) < 4.78 is 5.37. The Hall–Kier alpha value is -3.52. The highest BCUT2D eigenvalue weighted by Gasteiger charge is 2.21. The smallest absolute Gasteiger partial charge is 0.131 e. The summed E-state index contributed by atoms with van der Waals surface area (Å²) in [6.07, 6.45) is 0. The molecule has 0 heterocycles. The van der Waals surface area contributed by atoms with E-state index in [2.05, 4.69) is 71.9 Å². The lowest BCUT2D eigenvalue weighted by molar-refractivity contribution is 0.415. The van der Waals surface area contributed by atoms with Gasteiger partial charge in [0.05, 0.1) is 7.11 Å². The minimum absolute atomic E-state index is 0.304. The first kappa shape index (κ1) is 22.7. The molecule has 0 aliphatic rings. The Morgan fingerprint density at radius 2 is 1.06 bits per heavy atom. The van der Waals surface area contributed by atoms with E-state index in [9.17, 15) is 5.11 Å². The van der Waals surface area contributed by atoms with Gasteiger partial charge in [-0.2, -0.15) is 0 Å². The van der Waals surface area contributed by atoms with Crippen LogP contribution in [-0.2, 0) is 0 Å². The van der Waals surface area contributed by atoms with Crippen LogP contribution in [0.5, 0.6) is 5.75 Å². The average molecular weight is 437 g/mol. The third-order valence-corrected chi connectivity index (χ3v) is 6.41. The molecule has 0 aromatic heterocycles. The Balaban J connectivity index is 2.06. The number of ether oxygens (including phenoxy) is 1. The van der Waals surface area contributed by atoms with Gasteiger partial charge in [-0.25, -0.2) is 0 Å². The maximum absolute atomic E-state index is 11.8. The number of methoxy groups -OCH3 is 1. The molecule has 0 saturated carbocycles. The summed E-state index contributed by atoms with van der Waals surface area (Å²) in [5.74, 6) is 1.13. The van der Waals surface area contributed by atoms with Crippen molar-refractivity contribution in [3.63, 3.8) is 0 Å². The van der Waals surface area contributed by atoms with Crippen LogP contribution in [-0.4, -0.2) is 12.2 Å². The van der Waals surface area contributed by atoms with E-state index in [0.29, 0.717) is 5.76 Å². The summed E-state index contributed by atoms with van der Waals surface area (Å²) >= 11 is 0. The first-order chi connectivity index (χ1) is 15.7. The minimum Gasteiger partial charge on any atom is -0.507 e. The normalized spacial score (nSPS) is 11.0. The predicted octanol–water partition coefficient (Wildman–Crippen LogP) is 8.17. The van der Waals surface area contributed by atoms with Crippen LogP contribution < -0.4 is 4.74 Å². The minimum atomic E-state index is 0.304.